The number of aliphatic hydroxyl groups is 1. The van der Waals surface area contributed by atoms with Crippen LogP contribution in [0.5, 0.6) is 0 Å². The fourth-order valence-electron chi connectivity index (χ4n) is 1.91. The van der Waals surface area contributed by atoms with Crippen LogP contribution in [0, 0.1) is 0 Å². The number of ketones is 1. The zero-order valence-corrected chi connectivity index (χ0v) is 11.2. The van der Waals surface area contributed by atoms with Gasteiger partial charge in [-0.15, -0.1) is 0 Å². The lowest BCUT2D eigenvalue weighted by Crippen LogP contribution is -2.03. The minimum atomic E-state index is -0.110. The molecule has 0 aliphatic heterocycles. The van der Waals surface area contributed by atoms with Crippen molar-refractivity contribution in [1.29, 1.82) is 0 Å². The molecule has 0 aliphatic rings. The Bertz CT molecular complexity index is 463. The minimum absolute atomic E-state index is 0.0775. The van der Waals surface area contributed by atoms with Crippen molar-refractivity contribution in [2.45, 2.75) is 33.6 Å². The minimum Gasteiger partial charge on any atom is -0.512 e. The summed E-state index contributed by atoms with van der Waals surface area (Å²) in [7, 11) is 0. The van der Waals surface area contributed by atoms with Gasteiger partial charge in [0.25, 0.3) is 0 Å². The smallest absolute Gasteiger partial charge is 0.163 e. The predicted molar refractivity (Wildman–Crippen MR) is 75.3 cm³/mol. The van der Waals surface area contributed by atoms with Gasteiger partial charge in [0.15, 0.2) is 5.78 Å². The van der Waals surface area contributed by atoms with Crippen molar-refractivity contribution in [3.63, 3.8) is 0 Å². The molecule has 0 saturated carbocycles. The summed E-state index contributed by atoms with van der Waals surface area (Å²) >= 11 is 0. The zero-order chi connectivity index (χ0) is 13.5. The van der Waals surface area contributed by atoms with Crippen molar-refractivity contribution < 1.29 is 9.90 Å². The van der Waals surface area contributed by atoms with Crippen LogP contribution in [0.2, 0.25) is 0 Å². The molecule has 1 aromatic carbocycles. The molecule has 1 aromatic rings. The van der Waals surface area contributed by atoms with E-state index in [1.54, 1.807) is 6.92 Å². The van der Waals surface area contributed by atoms with Gasteiger partial charge >= 0.3 is 0 Å². The van der Waals surface area contributed by atoms with E-state index < -0.39 is 0 Å². The van der Waals surface area contributed by atoms with Gasteiger partial charge in [-0.05, 0) is 31.4 Å². The van der Waals surface area contributed by atoms with Crippen molar-refractivity contribution in [2.24, 2.45) is 0 Å². The summed E-state index contributed by atoms with van der Waals surface area (Å²) in [5.74, 6) is -0.0325. The Hall–Kier alpha value is -1.83. The lowest BCUT2D eigenvalue weighted by molar-refractivity contribution is -0.113. The van der Waals surface area contributed by atoms with Gasteiger partial charge in [-0.25, -0.2) is 0 Å². The van der Waals surface area contributed by atoms with Crippen molar-refractivity contribution >= 4 is 11.4 Å². The Kier molecular flexibility index (Phi) is 5.37. The van der Waals surface area contributed by atoms with E-state index in [0.717, 1.165) is 24.0 Å². The number of rotatable bonds is 5. The Balaban J connectivity index is 3.31. The van der Waals surface area contributed by atoms with E-state index in [9.17, 15) is 9.90 Å². The molecule has 0 amide bonds. The molecule has 0 fully saturated rings. The lowest BCUT2D eigenvalue weighted by Gasteiger charge is -2.11. The number of Topliss-reactive ketones (excluding diaryl/α,β-unsaturated/α-hetero) is 1. The second-order valence-electron chi connectivity index (χ2n) is 4.29. The van der Waals surface area contributed by atoms with Crippen molar-refractivity contribution in [2.75, 3.05) is 0 Å². The lowest BCUT2D eigenvalue weighted by atomic mass is 9.93. The summed E-state index contributed by atoms with van der Waals surface area (Å²) in [6.45, 7) is 5.12. The van der Waals surface area contributed by atoms with Gasteiger partial charge in [-0.2, -0.15) is 0 Å². The molecule has 2 heteroatoms. The van der Waals surface area contributed by atoms with Crippen LogP contribution in [0.1, 0.15) is 39.2 Å². The second kappa shape index (κ2) is 6.80. The summed E-state index contributed by atoms with van der Waals surface area (Å²) in [5.41, 5.74) is 2.20. The van der Waals surface area contributed by atoms with E-state index in [2.05, 4.69) is 6.92 Å². The third-order valence-corrected chi connectivity index (χ3v) is 2.71. The fourth-order valence-corrected chi connectivity index (χ4v) is 1.91. The first-order chi connectivity index (χ1) is 8.57. The molecule has 1 rings (SSSR count). The van der Waals surface area contributed by atoms with Crippen molar-refractivity contribution in [3.8, 4) is 0 Å². The maximum absolute atomic E-state index is 11.7. The second-order valence-corrected chi connectivity index (χ2v) is 4.29. The Morgan fingerprint density at radius 2 is 1.83 bits per heavy atom. The summed E-state index contributed by atoms with van der Waals surface area (Å²) < 4.78 is 0. The number of allylic oxidation sites excluding steroid dienone is 4. The summed E-state index contributed by atoms with van der Waals surface area (Å²) in [6, 6.07) is 9.70. The number of aliphatic hydroxyl groups excluding tert-OH is 1. The number of carbonyl (C=O) groups excluding carboxylic acids is 1. The first kappa shape index (κ1) is 14.2. The number of unbranched alkanes of at least 4 members (excludes halogenated alkanes) is 1. The highest BCUT2D eigenvalue weighted by Crippen LogP contribution is 2.26. The SMILES string of the molecule is CCC/C=C(/C(C(C)=O)=C(\C)O)c1ccccc1. The highest BCUT2D eigenvalue weighted by atomic mass is 16.3. The Morgan fingerprint density at radius 1 is 1.22 bits per heavy atom. The standard InChI is InChI=1S/C16H20O2/c1-4-5-11-15(14-9-7-6-8-10-14)16(12(2)17)13(3)18/h6-11,17H,4-5H2,1-3H3/b15-11+,16-12+. The van der Waals surface area contributed by atoms with Crippen LogP contribution < -0.4 is 0 Å². The van der Waals surface area contributed by atoms with E-state index in [-0.39, 0.29) is 11.5 Å². The van der Waals surface area contributed by atoms with Crippen molar-refractivity contribution in [3.05, 3.63) is 53.3 Å². The Labute approximate surface area is 109 Å². The molecule has 0 bridgehead atoms. The monoisotopic (exact) mass is 244 g/mol. The first-order valence-electron chi connectivity index (χ1n) is 6.24. The quantitative estimate of drug-likeness (QED) is 0.476. The van der Waals surface area contributed by atoms with Crippen LogP contribution in [0.15, 0.2) is 47.7 Å². The average molecular weight is 244 g/mol. The van der Waals surface area contributed by atoms with Crippen LogP contribution in [-0.4, -0.2) is 10.9 Å². The van der Waals surface area contributed by atoms with Gasteiger partial charge in [0.2, 0.25) is 0 Å². The Morgan fingerprint density at radius 3 is 2.28 bits per heavy atom. The maximum atomic E-state index is 11.7. The van der Waals surface area contributed by atoms with E-state index in [0.29, 0.717) is 5.57 Å². The fraction of sp³-hybridized carbons (Fsp3) is 0.312. The molecule has 96 valence electrons. The topological polar surface area (TPSA) is 37.3 Å². The molecule has 0 radical (unpaired) electrons. The predicted octanol–water partition coefficient (Wildman–Crippen LogP) is 4.29. The molecule has 2 nitrogen and oxygen atoms in total. The normalized spacial score (nSPS) is 13.2. The highest BCUT2D eigenvalue weighted by molar-refractivity contribution is 6.09. The molecule has 18 heavy (non-hydrogen) atoms. The summed E-state index contributed by atoms with van der Waals surface area (Å²) in [6.07, 6.45) is 3.91. The molecule has 0 aromatic heterocycles. The van der Waals surface area contributed by atoms with Crippen LogP contribution in [0.4, 0.5) is 0 Å². The molecule has 0 aliphatic carbocycles. The number of hydrogen-bond donors (Lipinski definition) is 1. The number of hydrogen-bond acceptors (Lipinski definition) is 2. The van der Waals surface area contributed by atoms with Gasteiger partial charge in [0.05, 0.1) is 5.57 Å². The average Bonchev–Trinajstić information content (AvgIpc) is 2.34. The van der Waals surface area contributed by atoms with E-state index in [4.69, 9.17) is 0 Å². The molecule has 0 heterocycles. The summed E-state index contributed by atoms with van der Waals surface area (Å²) in [5, 5.41) is 9.73. The zero-order valence-electron chi connectivity index (χ0n) is 11.2. The third kappa shape index (κ3) is 3.59. The van der Waals surface area contributed by atoms with Crippen molar-refractivity contribution in [1.82, 2.24) is 0 Å². The molecule has 0 unspecified atom stereocenters. The molecule has 0 atom stereocenters. The highest BCUT2D eigenvalue weighted by Gasteiger charge is 2.15. The van der Waals surface area contributed by atoms with Gasteiger partial charge < -0.3 is 5.11 Å². The molecular formula is C16H20O2. The molecule has 1 N–H and O–H groups in total. The number of carbonyl (C=O) groups is 1. The largest absolute Gasteiger partial charge is 0.512 e. The van der Waals surface area contributed by atoms with Gasteiger partial charge in [0, 0.05) is 0 Å². The van der Waals surface area contributed by atoms with Crippen LogP contribution in [0.25, 0.3) is 5.57 Å². The van der Waals surface area contributed by atoms with Gasteiger partial charge in [-0.3, -0.25) is 4.79 Å². The third-order valence-electron chi connectivity index (χ3n) is 2.71. The maximum Gasteiger partial charge on any atom is 0.163 e. The van der Waals surface area contributed by atoms with Gasteiger partial charge in [0.1, 0.15) is 5.76 Å². The molecular weight excluding hydrogens is 224 g/mol. The first-order valence-corrected chi connectivity index (χ1v) is 6.24. The van der Waals surface area contributed by atoms with E-state index >= 15 is 0 Å². The number of benzene rings is 1. The van der Waals surface area contributed by atoms with Crippen LogP contribution >= 0.6 is 0 Å². The van der Waals surface area contributed by atoms with E-state index in [1.807, 2.05) is 36.4 Å². The van der Waals surface area contributed by atoms with Crippen LogP contribution in [0.3, 0.4) is 0 Å². The molecule has 0 saturated heterocycles. The summed E-state index contributed by atoms with van der Waals surface area (Å²) in [4.78, 5) is 11.7. The van der Waals surface area contributed by atoms with E-state index in [1.165, 1.54) is 6.92 Å². The van der Waals surface area contributed by atoms with Crippen LogP contribution in [-0.2, 0) is 4.79 Å². The van der Waals surface area contributed by atoms with Gasteiger partial charge in [-0.1, -0.05) is 49.8 Å². The molecule has 0 spiro atoms.